The number of benzene rings is 1. The largest absolute Gasteiger partial charge is 0.369 e. The Morgan fingerprint density at radius 3 is 2.30 bits per heavy atom. The van der Waals surface area contributed by atoms with Crippen molar-refractivity contribution in [1.29, 1.82) is 0 Å². The summed E-state index contributed by atoms with van der Waals surface area (Å²) < 4.78 is 0.900. The normalized spacial score (nSPS) is 15.2. The Hall–Kier alpha value is -1.92. The Labute approximate surface area is 170 Å². The number of amides is 1. The topological polar surface area (TPSA) is 39.7 Å². The van der Waals surface area contributed by atoms with Crippen LogP contribution in [0.5, 0.6) is 0 Å². The molecule has 27 heavy (non-hydrogen) atoms. The average Bonchev–Trinajstić information content (AvgIpc) is 2.70. The minimum atomic E-state index is -0.0245. The fourth-order valence-electron chi connectivity index (χ4n) is 3.40. The molecule has 5 nitrogen and oxygen atoms in total. The van der Waals surface area contributed by atoms with E-state index < -0.39 is 0 Å². The van der Waals surface area contributed by atoms with Gasteiger partial charge in [0.2, 0.25) is 0 Å². The van der Waals surface area contributed by atoms with Gasteiger partial charge in [-0.05, 0) is 73.1 Å². The molecule has 2 heterocycles. The van der Waals surface area contributed by atoms with Gasteiger partial charge in [0.05, 0.1) is 0 Å². The lowest BCUT2D eigenvalue weighted by Gasteiger charge is -2.38. The highest BCUT2D eigenvalue weighted by Gasteiger charge is 2.20. The monoisotopic (exact) mass is 430 g/mol. The van der Waals surface area contributed by atoms with Crippen molar-refractivity contribution in [3.63, 3.8) is 0 Å². The highest BCUT2D eigenvalue weighted by atomic mass is 79.9. The number of anilines is 2. The van der Waals surface area contributed by atoms with E-state index in [0.717, 1.165) is 30.7 Å². The first-order valence-electron chi connectivity index (χ1n) is 9.52. The summed E-state index contributed by atoms with van der Waals surface area (Å²) >= 11 is 3.38. The SMILES string of the molecule is CCN(C(=O)c1ccc(N2CCN(C(C)C)CC2)cc1)c1ccc(Br)cn1. The lowest BCUT2D eigenvalue weighted by molar-refractivity contribution is 0.0987. The third-order valence-corrected chi connectivity index (χ3v) is 5.54. The van der Waals surface area contributed by atoms with Gasteiger partial charge in [0.15, 0.2) is 0 Å². The second-order valence-electron chi connectivity index (χ2n) is 7.05. The number of halogens is 1. The highest BCUT2D eigenvalue weighted by Crippen LogP contribution is 2.21. The van der Waals surface area contributed by atoms with Crippen molar-refractivity contribution in [2.75, 3.05) is 42.5 Å². The van der Waals surface area contributed by atoms with E-state index in [4.69, 9.17) is 0 Å². The van der Waals surface area contributed by atoms with E-state index in [2.05, 4.69) is 56.7 Å². The maximum Gasteiger partial charge on any atom is 0.259 e. The predicted octanol–water partition coefficient (Wildman–Crippen LogP) is 4.04. The fourth-order valence-corrected chi connectivity index (χ4v) is 3.64. The van der Waals surface area contributed by atoms with E-state index in [1.165, 1.54) is 5.69 Å². The third kappa shape index (κ3) is 4.68. The fraction of sp³-hybridized carbons (Fsp3) is 0.429. The number of carbonyl (C=O) groups excluding carboxylic acids is 1. The summed E-state index contributed by atoms with van der Waals surface area (Å²) in [4.78, 5) is 23.9. The second kappa shape index (κ2) is 8.85. The molecule has 144 valence electrons. The first-order chi connectivity index (χ1) is 13.0. The van der Waals surface area contributed by atoms with Gasteiger partial charge in [0, 0.05) is 60.7 Å². The van der Waals surface area contributed by atoms with Gasteiger partial charge in [-0.1, -0.05) is 0 Å². The molecule has 1 aliphatic heterocycles. The Balaban J connectivity index is 1.69. The molecule has 1 fully saturated rings. The van der Waals surface area contributed by atoms with Crippen molar-refractivity contribution in [3.05, 3.63) is 52.6 Å². The van der Waals surface area contributed by atoms with Crippen LogP contribution in [0, 0.1) is 0 Å². The summed E-state index contributed by atoms with van der Waals surface area (Å²) in [5, 5.41) is 0. The molecule has 3 rings (SSSR count). The minimum Gasteiger partial charge on any atom is -0.369 e. The maximum absolute atomic E-state index is 12.9. The predicted molar refractivity (Wildman–Crippen MR) is 115 cm³/mol. The lowest BCUT2D eigenvalue weighted by atomic mass is 10.1. The quantitative estimate of drug-likeness (QED) is 0.717. The number of piperazine rings is 1. The molecule has 1 aliphatic rings. The van der Waals surface area contributed by atoms with Crippen molar-refractivity contribution >= 4 is 33.3 Å². The molecule has 1 saturated heterocycles. The van der Waals surface area contributed by atoms with Crippen LogP contribution in [0.15, 0.2) is 47.1 Å². The average molecular weight is 431 g/mol. The van der Waals surface area contributed by atoms with Crippen molar-refractivity contribution < 1.29 is 4.79 Å². The molecule has 0 bridgehead atoms. The van der Waals surface area contributed by atoms with Gasteiger partial charge in [-0.25, -0.2) is 4.98 Å². The minimum absolute atomic E-state index is 0.0245. The summed E-state index contributed by atoms with van der Waals surface area (Å²) in [6.07, 6.45) is 1.71. The number of pyridine rings is 1. The second-order valence-corrected chi connectivity index (χ2v) is 7.96. The molecule has 1 aromatic heterocycles. The molecule has 1 amide bonds. The van der Waals surface area contributed by atoms with Crippen LogP contribution in [0.25, 0.3) is 0 Å². The zero-order chi connectivity index (χ0) is 19.4. The van der Waals surface area contributed by atoms with Gasteiger partial charge < -0.3 is 4.90 Å². The smallest absolute Gasteiger partial charge is 0.259 e. The Bertz CT molecular complexity index is 753. The van der Waals surface area contributed by atoms with E-state index in [1.54, 1.807) is 11.1 Å². The number of nitrogens with zero attached hydrogens (tertiary/aromatic N) is 4. The first kappa shape index (κ1) is 19.8. The molecule has 0 unspecified atom stereocenters. The molecule has 6 heteroatoms. The number of carbonyl (C=O) groups is 1. The van der Waals surface area contributed by atoms with Crippen LogP contribution in [0.4, 0.5) is 11.5 Å². The summed E-state index contributed by atoms with van der Waals surface area (Å²) in [6, 6.07) is 12.3. The number of rotatable bonds is 5. The van der Waals surface area contributed by atoms with Crippen LogP contribution in [0.2, 0.25) is 0 Å². The highest BCUT2D eigenvalue weighted by molar-refractivity contribution is 9.10. The third-order valence-electron chi connectivity index (χ3n) is 5.07. The Morgan fingerprint density at radius 1 is 1.11 bits per heavy atom. The van der Waals surface area contributed by atoms with Crippen LogP contribution in [-0.4, -0.2) is 54.6 Å². The van der Waals surface area contributed by atoms with E-state index in [1.807, 2.05) is 31.2 Å². The van der Waals surface area contributed by atoms with Gasteiger partial charge in [-0.15, -0.1) is 0 Å². The van der Waals surface area contributed by atoms with Crippen molar-refractivity contribution in [2.24, 2.45) is 0 Å². The summed E-state index contributed by atoms with van der Waals surface area (Å²) in [7, 11) is 0. The molecular weight excluding hydrogens is 404 g/mol. The summed E-state index contributed by atoms with van der Waals surface area (Å²) in [5.74, 6) is 0.642. The van der Waals surface area contributed by atoms with E-state index in [9.17, 15) is 4.79 Å². The zero-order valence-electron chi connectivity index (χ0n) is 16.2. The van der Waals surface area contributed by atoms with Gasteiger partial charge in [-0.2, -0.15) is 0 Å². The van der Waals surface area contributed by atoms with Crippen molar-refractivity contribution in [1.82, 2.24) is 9.88 Å². The van der Waals surface area contributed by atoms with Crippen molar-refractivity contribution in [3.8, 4) is 0 Å². The number of aromatic nitrogens is 1. The van der Waals surface area contributed by atoms with Gasteiger partial charge in [0.25, 0.3) is 5.91 Å². The molecule has 0 spiro atoms. The van der Waals surface area contributed by atoms with Crippen LogP contribution in [0.3, 0.4) is 0 Å². The molecule has 0 N–H and O–H groups in total. The van der Waals surface area contributed by atoms with Crippen LogP contribution < -0.4 is 9.80 Å². The van der Waals surface area contributed by atoms with E-state index in [0.29, 0.717) is 24.0 Å². The summed E-state index contributed by atoms with van der Waals surface area (Å²) in [5.41, 5.74) is 1.87. The van der Waals surface area contributed by atoms with Gasteiger partial charge in [0.1, 0.15) is 5.82 Å². The standard InChI is InChI=1S/C21H27BrN4O/c1-4-26(20-10-7-18(22)15-23-20)21(27)17-5-8-19(9-6-17)25-13-11-24(12-14-25)16(2)3/h5-10,15-16H,4,11-14H2,1-3H3. The van der Waals surface area contributed by atoms with Crippen LogP contribution >= 0.6 is 15.9 Å². The zero-order valence-corrected chi connectivity index (χ0v) is 17.8. The molecule has 0 radical (unpaired) electrons. The van der Waals surface area contributed by atoms with E-state index in [-0.39, 0.29) is 5.91 Å². The molecule has 0 saturated carbocycles. The van der Waals surface area contributed by atoms with E-state index >= 15 is 0 Å². The lowest BCUT2D eigenvalue weighted by Crippen LogP contribution is -2.48. The number of hydrogen-bond donors (Lipinski definition) is 0. The molecule has 1 aromatic carbocycles. The molecule has 2 aromatic rings. The molecule has 0 aliphatic carbocycles. The molecular formula is C21H27BrN4O. The van der Waals surface area contributed by atoms with Crippen LogP contribution in [-0.2, 0) is 0 Å². The Kier molecular flexibility index (Phi) is 6.50. The van der Waals surface area contributed by atoms with Gasteiger partial charge >= 0.3 is 0 Å². The van der Waals surface area contributed by atoms with Crippen molar-refractivity contribution in [2.45, 2.75) is 26.8 Å². The van der Waals surface area contributed by atoms with Gasteiger partial charge in [-0.3, -0.25) is 14.6 Å². The first-order valence-corrected chi connectivity index (χ1v) is 10.3. The molecule has 0 atom stereocenters. The Morgan fingerprint density at radius 2 is 1.78 bits per heavy atom. The summed E-state index contributed by atoms with van der Waals surface area (Å²) in [6.45, 7) is 11.2. The number of hydrogen-bond acceptors (Lipinski definition) is 4. The van der Waals surface area contributed by atoms with Crippen LogP contribution in [0.1, 0.15) is 31.1 Å². The maximum atomic E-state index is 12.9.